The van der Waals surface area contributed by atoms with Crippen LogP contribution in [-0.4, -0.2) is 74.8 Å². The highest BCUT2D eigenvalue weighted by atomic mass is 16.5. The summed E-state index contributed by atoms with van der Waals surface area (Å²) >= 11 is 0. The Morgan fingerprint density at radius 2 is 1.58 bits per heavy atom. The monoisotopic (exact) mass is 449 g/mol. The van der Waals surface area contributed by atoms with E-state index in [1.54, 1.807) is 0 Å². The zero-order chi connectivity index (χ0) is 22.9. The fourth-order valence-corrected chi connectivity index (χ4v) is 4.90. The lowest BCUT2D eigenvalue weighted by Gasteiger charge is -2.36. The van der Waals surface area contributed by atoms with Gasteiger partial charge in [-0.25, -0.2) is 0 Å². The van der Waals surface area contributed by atoms with Crippen LogP contribution >= 0.6 is 0 Å². The maximum atomic E-state index is 5.80. The van der Waals surface area contributed by atoms with Gasteiger partial charge in [0.05, 0.1) is 6.10 Å². The van der Waals surface area contributed by atoms with Gasteiger partial charge in [-0.15, -0.1) is 0 Å². The lowest BCUT2D eigenvalue weighted by atomic mass is 10.1. The number of hydrogen-bond acceptors (Lipinski definition) is 4. The number of benzene rings is 2. The van der Waals surface area contributed by atoms with Crippen LogP contribution in [-0.2, 0) is 17.8 Å². The minimum atomic E-state index is 0.396. The highest BCUT2D eigenvalue weighted by Crippen LogP contribution is 2.19. The first-order chi connectivity index (χ1) is 16.3. The van der Waals surface area contributed by atoms with Gasteiger partial charge in [-0.3, -0.25) is 9.89 Å². The van der Waals surface area contributed by atoms with E-state index in [1.165, 1.54) is 16.8 Å². The molecule has 0 radical (unpaired) electrons. The fraction of sp³-hybridized carbons (Fsp3) is 0.519. The van der Waals surface area contributed by atoms with Crippen LogP contribution in [0.3, 0.4) is 0 Å². The van der Waals surface area contributed by atoms with Crippen molar-refractivity contribution in [2.75, 3.05) is 57.8 Å². The van der Waals surface area contributed by atoms with Crippen LogP contribution in [0.25, 0.3) is 0 Å². The minimum Gasteiger partial charge on any atom is -0.378 e. The van der Waals surface area contributed by atoms with Gasteiger partial charge in [0.25, 0.3) is 0 Å². The van der Waals surface area contributed by atoms with Crippen molar-refractivity contribution in [1.29, 1.82) is 0 Å². The van der Waals surface area contributed by atoms with Gasteiger partial charge < -0.3 is 19.9 Å². The highest BCUT2D eigenvalue weighted by Gasteiger charge is 2.22. The van der Waals surface area contributed by atoms with E-state index in [0.29, 0.717) is 6.10 Å². The van der Waals surface area contributed by atoms with E-state index in [1.807, 2.05) is 7.05 Å². The average molecular weight is 450 g/mol. The number of piperazine rings is 1. The van der Waals surface area contributed by atoms with Crippen molar-refractivity contribution in [2.45, 2.75) is 39.0 Å². The minimum absolute atomic E-state index is 0.396. The molecule has 2 heterocycles. The molecular formula is C27H39N5O. The first kappa shape index (κ1) is 23.6. The van der Waals surface area contributed by atoms with Crippen molar-refractivity contribution in [3.05, 3.63) is 65.7 Å². The Hall–Kier alpha value is -2.57. The van der Waals surface area contributed by atoms with Crippen molar-refractivity contribution in [3.63, 3.8) is 0 Å². The van der Waals surface area contributed by atoms with Crippen LogP contribution < -0.4 is 10.2 Å². The lowest BCUT2D eigenvalue weighted by Crippen LogP contribution is -2.47. The molecular weight excluding hydrogens is 410 g/mol. The summed E-state index contributed by atoms with van der Waals surface area (Å²) in [5.41, 5.74) is 4.09. The van der Waals surface area contributed by atoms with Crippen LogP contribution in [0.2, 0.25) is 0 Å². The summed E-state index contributed by atoms with van der Waals surface area (Å²) < 4.78 is 5.80. The summed E-state index contributed by atoms with van der Waals surface area (Å²) in [7, 11) is 1.88. The normalized spacial score (nSPS) is 18.5. The van der Waals surface area contributed by atoms with Gasteiger partial charge in [0.1, 0.15) is 0 Å². The number of ether oxygens (including phenoxy) is 1. The zero-order valence-corrected chi connectivity index (χ0v) is 20.2. The Labute approximate surface area is 199 Å². The standard InChI is InChI=1S/C27H39N5O/c1-3-33-26-13-15-32(16-14-26)27(28-2)29-21-23-9-7-8-10-24(23)22-30-17-19-31(20-18-30)25-11-5-4-6-12-25/h4-12,26H,3,13-22H2,1-2H3,(H,28,29). The molecule has 0 amide bonds. The molecule has 6 heteroatoms. The summed E-state index contributed by atoms with van der Waals surface area (Å²) in [6.07, 6.45) is 2.53. The summed E-state index contributed by atoms with van der Waals surface area (Å²) in [4.78, 5) is 12.0. The number of guanidine groups is 1. The molecule has 0 atom stereocenters. The Morgan fingerprint density at radius 3 is 2.24 bits per heavy atom. The second-order valence-corrected chi connectivity index (χ2v) is 8.91. The number of nitrogens with zero attached hydrogens (tertiary/aromatic N) is 4. The van der Waals surface area contributed by atoms with Crippen molar-refractivity contribution in [1.82, 2.24) is 15.1 Å². The van der Waals surface area contributed by atoms with E-state index in [-0.39, 0.29) is 0 Å². The molecule has 178 valence electrons. The van der Waals surface area contributed by atoms with Crippen LogP contribution in [0.4, 0.5) is 5.69 Å². The Bertz CT molecular complexity index is 871. The van der Waals surface area contributed by atoms with Crippen LogP contribution in [0, 0.1) is 0 Å². The molecule has 2 aromatic carbocycles. The van der Waals surface area contributed by atoms with Gasteiger partial charge >= 0.3 is 0 Å². The van der Waals surface area contributed by atoms with Gasteiger partial charge in [-0.2, -0.15) is 0 Å². The number of para-hydroxylation sites is 1. The predicted molar refractivity (Wildman–Crippen MR) is 137 cm³/mol. The smallest absolute Gasteiger partial charge is 0.193 e. The van der Waals surface area contributed by atoms with Gasteiger partial charge in [-0.05, 0) is 43.0 Å². The van der Waals surface area contributed by atoms with Gasteiger partial charge in [0.2, 0.25) is 0 Å². The third-order valence-electron chi connectivity index (χ3n) is 6.80. The maximum absolute atomic E-state index is 5.80. The number of nitrogens with one attached hydrogen (secondary N) is 1. The van der Waals surface area contributed by atoms with E-state index >= 15 is 0 Å². The third-order valence-corrected chi connectivity index (χ3v) is 6.80. The molecule has 2 aliphatic rings. The van der Waals surface area contributed by atoms with E-state index < -0.39 is 0 Å². The fourth-order valence-electron chi connectivity index (χ4n) is 4.90. The SMILES string of the molecule is CCOC1CCN(C(=NC)NCc2ccccc2CN2CCN(c3ccccc3)CC2)CC1. The van der Waals surface area contributed by atoms with E-state index in [2.05, 4.69) is 86.5 Å². The summed E-state index contributed by atoms with van der Waals surface area (Å²) in [6.45, 7) is 11.0. The average Bonchev–Trinajstić information content (AvgIpc) is 2.87. The number of aliphatic imine (C=N–C) groups is 1. The molecule has 1 N–H and O–H groups in total. The summed E-state index contributed by atoms with van der Waals surface area (Å²) in [5.74, 6) is 0.997. The third kappa shape index (κ3) is 6.49. The van der Waals surface area contributed by atoms with Crippen LogP contribution in [0.5, 0.6) is 0 Å². The molecule has 0 bridgehead atoms. The first-order valence-electron chi connectivity index (χ1n) is 12.4. The number of hydrogen-bond donors (Lipinski definition) is 1. The molecule has 4 rings (SSSR count). The topological polar surface area (TPSA) is 43.3 Å². The predicted octanol–water partition coefficient (Wildman–Crippen LogP) is 3.59. The number of likely N-dealkylation sites (tertiary alicyclic amines) is 1. The van der Waals surface area contributed by atoms with E-state index in [4.69, 9.17) is 4.74 Å². The molecule has 6 nitrogen and oxygen atoms in total. The number of rotatable bonds is 7. The molecule has 2 aromatic rings. The molecule has 0 unspecified atom stereocenters. The lowest BCUT2D eigenvalue weighted by molar-refractivity contribution is 0.0263. The largest absolute Gasteiger partial charge is 0.378 e. The second kappa shape index (κ2) is 12.1. The Morgan fingerprint density at radius 1 is 0.909 bits per heavy atom. The highest BCUT2D eigenvalue weighted by molar-refractivity contribution is 5.80. The van der Waals surface area contributed by atoms with Crippen molar-refractivity contribution < 1.29 is 4.74 Å². The van der Waals surface area contributed by atoms with Crippen molar-refractivity contribution in [3.8, 4) is 0 Å². The second-order valence-electron chi connectivity index (χ2n) is 8.91. The number of piperidine rings is 1. The molecule has 2 fully saturated rings. The molecule has 0 aromatic heterocycles. The molecule has 2 saturated heterocycles. The van der Waals surface area contributed by atoms with E-state index in [0.717, 1.165) is 77.8 Å². The molecule has 33 heavy (non-hydrogen) atoms. The van der Waals surface area contributed by atoms with Gasteiger partial charge in [0.15, 0.2) is 5.96 Å². The first-order valence-corrected chi connectivity index (χ1v) is 12.4. The molecule has 0 saturated carbocycles. The maximum Gasteiger partial charge on any atom is 0.193 e. The zero-order valence-electron chi connectivity index (χ0n) is 20.2. The van der Waals surface area contributed by atoms with Gasteiger partial charge in [0, 0.05) is 71.7 Å². The van der Waals surface area contributed by atoms with Crippen LogP contribution in [0.15, 0.2) is 59.6 Å². The quantitative estimate of drug-likeness (QED) is 0.517. The molecule has 0 spiro atoms. The number of anilines is 1. The molecule has 2 aliphatic heterocycles. The van der Waals surface area contributed by atoms with Crippen LogP contribution in [0.1, 0.15) is 30.9 Å². The van der Waals surface area contributed by atoms with Crippen molar-refractivity contribution in [2.24, 2.45) is 4.99 Å². The van der Waals surface area contributed by atoms with Crippen molar-refractivity contribution >= 4 is 11.6 Å². The Kier molecular flexibility index (Phi) is 8.61. The summed E-state index contributed by atoms with van der Waals surface area (Å²) in [5, 5.41) is 3.62. The van der Waals surface area contributed by atoms with Gasteiger partial charge in [-0.1, -0.05) is 42.5 Å². The molecule has 0 aliphatic carbocycles. The Balaban J connectivity index is 1.29. The summed E-state index contributed by atoms with van der Waals surface area (Å²) in [6, 6.07) is 19.6. The van der Waals surface area contributed by atoms with E-state index in [9.17, 15) is 0 Å².